The molecular formula is C13H18N2O4S. The molecule has 1 aromatic heterocycles. The molecule has 0 aromatic carbocycles. The van der Waals surface area contributed by atoms with Gasteiger partial charge in [-0.2, -0.15) is 0 Å². The SMILES string of the molecule is CCOC(=O)c1nc(C(=O)N2CCC(COC)C2)cs1. The molecule has 0 aliphatic carbocycles. The van der Waals surface area contributed by atoms with Crippen LogP contribution < -0.4 is 0 Å². The Morgan fingerprint density at radius 1 is 1.55 bits per heavy atom. The molecular weight excluding hydrogens is 280 g/mol. The van der Waals surface area contributed by atoms with Gasteiger partial charge in [0.25, 0.3) is 5.91 Å². The Labute approximate surface area is 121 Å². The number of nitrogens with zero attached hydrogens (tertiary/aromatic N) is 2. The van der Waals surface area contributed by atoms with Crippen molar-refractivity contribution >= 4 is 23.2 Å². The van der Waals surface area contributed by atoms with Crippen LogP contribution in [0.5, 0.6) is 0 Å². The van der Waals surface area contributed by atoms with E-state index in [2.05, 4.69) is 4.98 Å². The average molecular weight is 298 g/mol. The van der Waals surface area contributed by atoms with Gasteiger partial charge in [-0.05, 0) is 13.3 Å². The smallest absolute Gasteiger partial charge is 0.367 e. The number of carbonyl (C=O) groups excluding carboxylic acids is 2. The Morgan fingerprint density at radius 2 is 2.35 bits per heavy atom. The molecule has 0 spiro atoms. The number of amides is 1. The minimum Gasteiger partial charge on any atom is -0.461 e. The summed E-state index contributed by atoms with van der Waals surface area (Å²) in [4.78, 5) is 29.6. The molecule has 0 radical (unpaired) electrons. The maximum absolute atomic E-state index is 12.3. The largest absolute Gasteiger partial charge is 0.461 e. The molecule has 0 saturated carbocycles. The number of hydrogen-bond acceptors (Lipinski definition) is 6. The van der Waals surface area contributed by atoms with Crippen molar-refractivity contribution < 1.29 is 19.1 Å². The van der Waals surface area contributed by atoms with Gasteiger partial charge in [0.2, 0.25) is 5.01 Å². The lowest BCUT2D eigenvalue weighted by Gasteiger charge is -2.14. The summed E-state index contributed by atoms with van der Waals surface area (Å²) in [6, 6.07) is 0. The Kier molecular flexibility index (Phi) is 5.08. The molecule has 0 N–H and O–H groups in total. The number of likely N-dealkylation sites (tertiary alicyclic amines) is 1. The lowest BCUT2D eigenvalue weighted by molar-refractivity contribution is 0.0526. The zero-order valence-electron chi connectivity index (χ0n) is 11.6. The second-order valence-corrected chi connectivity index (χ2v) is 5.48. The highest BCUT2D eigenvalue weighted by molar-refractivity contribution is 7.11. The van der Waals surface area contributed by atoms with E-state index in [0.29, 0.717) is 37.9 Å². The van der Waals surface area contributed by atoms with Crippen LogP contribution in [0.1, 0.15) is 33.6 Å². The summed E-state index contributed by atoms with van der Waals surface area (Å²) in [5.41, 5.74) is 0.316. The van der Waals surface area contributed by atoms with Gasteiger partial charge in [-0.3, -0.25) is 4.79 Å². The second kappa shape index (κ2) is 6.81. The first-order valence-corrected chi connectivity index (χ1v) is 7.44. The van der Waals surface area contributed by atoms with Gasteiger partial charge in [0.15, 0.2) is 0 Å². The van der Waals surface area contributed by atoms with Crippen molar-refractivity contribution in [2.45, 2.75) is 13.3 Å². The van der Waals surface area contributed by atoms with E-state index in [9.17, 15) is 9.59 Å². The van der Waals surface area contributed by atoms with E-state index in [1.807, 2.05) is 0 Å². The Balaban J connectivity index is 1.98. The van der Waals surface area contributed by atoms with Crippen molar-refractivity contribution in [1.29, 1.82) is 0 Å². The molecule has 1 atom stereocenters. The molecule has 6 nitrogen and oxygen atoms in total. The fourth-order valence-electron chi connectivity index (χ4n) is 2.21. The topological polar surface area (TPSA) is 68.7 Å². The molecule has 110 valence electrons. The maximum Gasteiger partial charge on any atom is 0.367 e. The third-order valence-corrected chi connectivity index (χ3v) is 3.97. The van der Waals surface area contributed by atoms with E-state index < -0.39 is 5.97 Å². The van der Waals surface area contributed by atoms with Crippen LogP contribution in [0.4, 0.5) is 0 Å². The number of aromatic nitrogens is 1. The fourth-order valence-corrected chi connectivity index (χ4v) is 2.89. The molecule has 20 heavy (non-hydrogen) atoms. The zero-order valence-corrected chi connectivity index (χ0v) is 12.4. The Bertz CT molecular complexity index is 488. The number of carbonyl (C=O) groups is 2. The lowest BCUT2D eigenvalue weighted by Crippen LogP contribution is -2.29. The Hall–Kier alpha value is -1.47. The highest BCUT2D eigenvalue weighted by Crippen LogP contribution is 2.20. The number of ether oxygens (including phenoxy) is 2. The molecule has 2 heterocycles. The van der Waals surface area contributed by atoms with E-state index in [1.165, 1.54) is 0 Å². The number of methoxy groups -OCH3 is 1. The summed E-state index contributed by atoms with van der Waals surface area (Å²) in [5.74, 6) is -0.224. The highest BCUT2D eigenvalue weighted by atomic mass is 32.1. The minimum absolute atomic E-state index is 0.129. The van der Waals surface area contributed by atoms with Gasteiger partial charge >= 0.3 is 5.97 Å². The summed E-state index contributed by atoms with van der Waals surface area (Å²) in [7, 11) is 1.66. The first-order valence-electron chi connectivity index (χ1n) is 6.56. The van der Waals surface area contributed by atoms with Crippen LogP contribution in [0.25, 0.3) is 0 Å². The third kappa shape index (κ3) is 3.34. The van der Waals surface area contributed by atoms with Crippen molar-refractivity contribution in [1.82, 2.24) is 9.88 Å². The van der Waals surface area contributed by atoms with E-state index in [1.54, 1.807) is 24.3 Å². The first kappa shape index (κ1) is 14.9. The highest BCUT2D eigenvalue weighted by Gasteiger charge is 2.28. The minimum atomic E-state index is -0.477. The van der Waals surface area contributed by atoms with Crippen molar-refractivity contribution in [3.63, 3.8) is 0 Å². The molecule has 1 amide bonds. The van der Waals surface area contributed by atoms with Gasteiger partial charge in [-0.1, -0.05) is 0 Å². The van der Waals surface area contributed by atoms with Crippen molar-refractivity contribution in [3.05, 3.63) is 16.1 Å². The van der Waals surface area contributed by atoms with Gasteiger partial charge in [0.05, 0.1) is 13.2 Å². The summed E-state index contributed by atoms with van der Waals surface area (Å²) in [5, 5.41) is 1.83. The van der Waals surface area contributed by atoms with Crippen LogP contribution in [0.2, 0.25) is 0 Å². The van der Waals surface area contributed by atoms with Crippen LogP contribution in [0, 0.1) is 5.92 Å². The summed E-state index contributed by atoms with van der Waals surface area (Å²) >= 11 is 1.14. The van der Waals surface area contributed by atoms with Gasteiger partial charge in [0, 0.05) is 31.5 Å². The quantitative estimate of drug-likeness (QED) is 0.769. The average Bonchev–Trinajstić information content (AvgIpc) is 3.07. The Morgan fingerprint density at radius 3 is 3.05 bits per heavy atom. The van der Waals surface area contributed by atoms with Gasteiger partial charge in [-0.25, -0.2) is 9.78 Å². The maximum atomic E-state index is 12.3. The van der Waals surface area contributed by atoms with E-state index in [-0.39, 0.29) is 10.9 Å². The molecule has 1 unspecified atom stereocenters. The summed E-state index contributed by atoms with van der Waals surface area (Å²) in [6.07, 6.45) is 0.939. The van der Waals surface area contributed by atoms with Crippen molar-refractivity contribution in [2.24, 2.45) is 5.92 Å². The third-order valence-electron chi connectivity index (χ3n) is 3.15. The number of rotatable bonds is 5. The first-order chi connectivity index (χ1) is 9.65. The number of esters is 1. The molecule has 0 bridgehead atoms. The van der Waals surface area contributed by atoms with Crippen LogP contribution in [-0.4, -0.2) is 55.2 Å². The van der Waals surface area contributed by atoms with E-state index >= 15 is 0 Å². The fraction of sp³-hybridized carbons (Fsp3) is 0.615. The summed E-state index contributed by atoms with van der Waals surface area (Å²) < 4.78 is 9.97. The molecule has 1 aliphatic rings. The normalized spacial score (nSPS) is 18.3. The summed E-state index contributed by atoms with van der Waals surface area (Å²) in [6.45, 7) is 4.08. The van der Waals surface area contributed by atoms with E-state index in [4.69, 9.17) is 9.47 Å². The standard InChI is InChI=1S/C13H18N2O4S/c1-3-19-13(17)11-14-10(8-20-11)12(16)15-5-4-9(6-15)7-18-2/h8-9H,3-7H2,1-2H3. The molecule has 1 aromatic rings. The van der Waals surface area contributed by atoms with E-state index in [0.717, 1.165) is 17.8 Å². The van der Waals surface area contributed by atoms with Crippen LogP contribution >= 0.6 is 11.3 Å². The number of hydrogen-bond donors (Lipinski definition) is 0. The molecule has 2 rings (SSSR count). The predicted octanol–water partition coefficient (Wildman–Crippen LogP) is 1.43. The van der Waals surface area contributed by atoms with Gasteiger partial charge < -0.3 is 14.4 Å². The van der Waals surface area contributed by atoms with Gasteiger partial charge in [-0.15, -0.1) is 11.3 Å². The van der Waals surface area contributed by atoms with Crippen molar-refractivity contribution in [2.75, 3.05) is 33.4 Å². The second-order valence-electron chi connectivity index (χ2n) is 4.62. The number of thiazole rings is 1. The lowest BCUT2D eigenvalue weighted by atomic mass is 10.1. The van der Waals surface area contributed by atoms with Crippen LogP contribution in [0.15, 0.2) is 5.38 Å². The predicted molar refractivity (Wildman–Crippen MR) is 74.0 cm³/mol. The zero-order chi connectivity index (χ0) is 14.5. The molecule has 1 saturated heterocycles. The molecule has 1 fully saturated rings. The molecule has 7 heteroatoms. The van der Waals surface area contributed by atoms with Crippen LogP contribution in [-0.2, 0) is 9.47 Å². The van der Waals surface area contributed by atoms with Crippen molar-refractivity contribution in [3.8, 4) is 0 Å². The monoisotopic (exact) mass is 298 g/mol. The van der Waals surface area contributed by atoms with Gasteiger partial charge in [0.1, 0.15) is 5.69 Å². The molecule has 1 aliphatic heterocycles. The van der Waals surface area contributed by atoms with Crippen LogP contribution in [0.3, 0.4) is 0 Å².